The van der Waals surface area contributed by atoms with Crippen molar-refractivity contribution in [2.45, 2.75) is 58.3 Å². The van der Waals surface area contributed by atoms with Crippen molar-refractivity contribution in [2.24, 2.45) is 35.0 Å². The molecule has 1 saturated heterocycles. The van der Waals surface area contributed by atoms with Gasteiger partial charge in [-0.1, -0.05) is 82.0 Å². The topological polar surface area (TPSA) is 69.6 Å². The fourth-order valence-corrected chi connectivity index (χ4v) is 6.56. The van der Waals surface area contributed by atoms with Crippen LogP contribution in [0.1, 0.15) is 39.2 Å². The SMILES string of the molecule is C=C1C(C)C2C(Cc3ccccc3)NC(=O)C23C(O)C=CC(C)CC(C)CC=CC3C1O. The summed E-state index contributed by atoms with van der Waals surface area (Å²) in [6, 6.07) is 10.0. The lowest BCUT2D eigenvalue weighted by Gasteiger charge is -2.51. The highest BCUT2D eigenvalue weighted by Gasteiger charge is 2.67. The minimum atomic E-state index is -1.13. The number of aliphatic hydroxyl groups is 2. The van der Waals surface area contributed by atoms with Gasteiger partial charge < -0.3 is 15.5 Å². The van der Waals surface area contributed by atoms with E-state index in [1.165, 1.54) is 0 Å². The summed E-state index contributed by atoms with van der Waals surface area (Å²) in [5.41, 5.74) is 0.775. The third-order valence-corrected chi connectivity index (χ3v) is 8.16. The molecule has 2 aliphatic carbocycles. The van der Waals surface area contributed by atoms with Crippen molar-refractivity contribution in [1.82, 2.24) is 5.32 Å². The third kappa shape index (κ3) is 3.78. The summed E-state index contributed by atoms with van der Waals surface area (Å²) < 4.78 is 0. The third-order valence-electron chi connectivity index (χ3n) is 8.16. The van der Waals surface area contributed by atoms with Gasteiger partial charge in [-0.05, 0) is 48.2 Å². The molecule has 32 heavy (non-hydrogen) atoms. The van der Waals surface area contributed by atoms with Crippen molar-refractivity contribution in [2.75, 3.05) is 0 Å². The Labute approximate surface area is 192 Å². The van der Waals surface area contributed by atoms with Crippen molar-refractivity contribution in [3.8, 4) is 0 Å². The van der Waals surface area contributed by atoms with E-state index in [9.17, 15) is 15.0 Å². The summed E-state index contributed by atoms with van der Waals surface area (Å²) in [4.78, 5) is 13.8. The molecule has 2 fully saturated rings. The van der Waals surface area contributed by atoms with Crippen LogP contribution in [0.25, 0.3) is 0 Å². The molecular weight excluding hydrogens is 398 g/mol. The number of amides is 1. The molecule has 0 radical (unpaired) electrons. The van der Waals surface area contributed by atoms with E-state index in [1.807, 2.05) is 43.4 Å². The van der Waals surface area contributed by atoms with Gasteiger partial charge in [-0.25, -0.2) is 0 Å². The fraction of sp³-hybridized carbons (Fsp3) is 0.536. The number of carbonyl (C=O) groups excluding carboxylic acids is 1. The summed E-state index contributed by atoms with van der Waals surface area (Å²) in [5, 5.41) is 26.2. The van der Waals surface area contributed by atoms with Crippen LogP contribution in [0.2, 0.25) is 0 Å². The highest BCUT2D eigenvalue weighted by atomic mass is 16.3. The second-order valence-electron chi connectivity index (χ2n) is 10.4. The fourth-order valence-electron chi connectivity index (χ4n) is 6.56. The van der Waals surface area contributed by atoms with Crippen LogP contribution in [-0.2, 0) is 11.2 Å². The van der Waals surface area contributed by atoms with E-state index in [0.717, 1.165) is 24.0 Å². The van der Waals surface area contributed by atoms with E-state index < -0.39 is 23.5 Å². The first kappa shape index (κ1) is 23.0. The highest BCUT2D eigenvalue weighted by Crippen LogP contribution is 2.57. The minimum absolute atomic E-state index is 0.105. The molecule has 1 aromatic rings. The quantitative estimate of drug-likeness (QED) is 0.614. The number of allylic oxidation sites excluding steroid dienone is 2. The predicted molar refractivity (Wildman–Crippen MR) is 128 cm³/mol. The summed E-state index contributed by atoms with van der Waals surface area (Å²) >= 11 is 0. The van der Waals surface area contributed by atoms with Gasteiger partial charge in [0.15, 0.2) is 0 Å². The van der Waals surface area contributed by atoms with Gasteiger partial charge in [0, 0.05) is 17.9 Å². The zero-order chi connectivity index (χ0) is 23.0. The molecule has 1 spiro atoms. The molecule has 4 rings (SSSR count). The van der Waals surface area contributed by atoms with Crippen LogP contribution in [-0.4, -0.2) is 34.4 Å². The average Bonchev–Trinajstić information content (AvgIpc) is 3.04. The van der Waals surface area contributed by atoms with Crippen LogP contribution in [0.15, 0.2) is 66.8 Å². The second kappa shape index (κ2) is 8.99. The molecular formula is C28H37NO3. The maximum absolute atomic E-state index is 13.8. The Morgan fingerprint density at radius 1 is 1.09 bits per heavy atom. The lowest BCUT2D eigenvalue weighted by molar-refractivity contribution is -0.147. The van der Waals surface area contributed by atoms with E-state index in [-0.39, 0.29) is 23.8 Å². The predicted octanol–water partition coefficient (Wildman–Crippen LogP) is 4.05. The molecule has 9 unspecified atom stereocenters. The first-order chi connectivity index (χ1) is 15.3. The standard InChI is InChI=1S/C28H37NO3/c1-17-9-8-12-22-26(31)20(4)19(3)25-23(16-21-10-6-5-7-11-21)29-27(32)28(22,25)24(30)14-13-18(2)15-17/h5-8,10-14,17-19,22-26,30-31H,4,9,15-16H2,1-3H3,(H,29,32). The van der Waals surface area contributed by atoms with E-state index in [4.69, 9.17) is 0 Å². The Bertz CT molecular complexity index is 907. The smallest absolute Gasteiger partial charge is 0.230 e. The molecule has 172 valence electrons. The van der Waals surface area contributed by atoms with Crippen LogP contribution in [0.4, 0.5) is 0 Å². The Balaban J connectivity index is 1.83. The molecule has 3 N–H and O–H groups in total. The first-order valence-electron chi connectivity index (χ1n) is 12.0. The number of hydrogen-bond donors (Lipinski definition) is 3. The van der Waals surface area contributed by atoms with Crippen LogP contribution in [0, 0.1) is 35.0 Å². The Morgan fingerprint density at radius 2 is 1.81 bits per heavy atom. The van der Waals surface area contributed by atoms with Crippen LogP contribution >= 0.6 is 0 Å². The summed E-state index contributed by atoms with van der Waals surface area (Å²) in [7, 11) is 0. The number of nitrogens with one attached hydrogen (secondary N) is 1. The Morgan fingerprint density at radius 3 is 2.53 bits per heavy atom. The number of hydrogen-bond acceptors (Lipinski definition) is 3. The normalized spacial score (nSPS) is 42.0. The van der Waals surface area contributed by atoms with E-state index >= 15 is 0 Å². The number of rotatable bonds is 2. The molecule has 0 aromatic heterocycles. The lowest BCUT2D eigenvalue weighted by atomic mass is 9.51. The van der Waals surface area contributed by atoms with Gasteiger partial charge in [-0.3, -0.25) is 4.79 Å². The molecule has 9 atom stereocenters. The van der Waals surface area contributed by atoms with Crippen LogP contribution in [0.5, 0.6) is 0 Å². The maximum atomic E-state index is 13.8. The van der Waals surface area contributed by atoms with Gasteiger partial charge in [0.05, 0.1) is 17.6 Å². The van der Waals surface area contributed by atoms with Crippen molar-refractivity contribution in [3.63, 3.8) is 0 Å². The minimum Gasteiger partial charge on any atom is -0.388 e. The zero-order valence-corrected chi connectivity index (χ0v) is 19.4. The number of benzene rings is 1. The molecule has 4 heteroatoms. The van der Waals surface area contributed by atoms with Crippen molar-refractivity contribution in [3.05, 3.63) is 72.4 Å². The van der Waals surface area contributed by atoms with Gasteiger partial charge in [0.1, 0.15) is 0 Å². The Hall–Kier alpha value is -2.17. The lowest BCUT2D eigenvalue weighted by Crippen LogP contribution is -2.59. The largest absolute Gasteiger partial charge is 0.388 e. The van der Waals surface area contributed by atoms with Crippen molar-refractivity contribution < 1.29 is 15.0 Å². The highest BCUT2D eigenvalue weighted by molar-refractivity contribution is 5.88. The van der Waals surface area contributed by atoms with Gasteiger partial charge in [0.2, 0.25) is 5.91 Å². The monoisotopic (exact) mass is 435 g/mol. The van der Waals surface area contributed by atoms with Gasteiger partial charge in [-0.2, -0.15) is 0 Å². The molecule has 1 heterocycles. The second-order valence-corrected chi connectivity index (χ2v) is 10.4. The molecule has 3 aliphatic rings. The number of aliphatic hydroxyl groups excluding tert-OH is 2. The van der Waals surface area contributed by atoms with E-state index in [2.05, 4.69) is 44.0 Å². The zero-order valence-electron chi connectivity index (χ0n) is 19.4. The first-order valence-corrected chi connectivity index (χ1v) is 12.0. The van der Waals surface area contributed by atoms with E-state index in [0.29, 0.717) is 18.3 Å². The maximum Gasteiger partial charge on any atom is 0.230 e. The van der Waals surface area contributed by atoms with Crippen LogP contribution < -0.4 is 5.32 Å². The van der Waals surface area contributed by atoms with E-state index in [1.54, 1.807) is 0 Å². The molecule has 1 saturated carbocycles. The molecule has 1 amide bonds. The Kier molecular flexibility index (Phi) is 6.46. The molecule has 1 aliphatic heterocycles. The average molecular weight is 436 g/mol. The summed E-state index contributed by atoms with van der Waals surface area (Å²) in [5.74, 6) is -0.157. The van der Waals surface area contributed by atoms with Crippen LogP contribution in [0.3, 0.4) is 0 Å². The van der Waals surface area contributed by atoms with Gasteiger partial charge in [-0.15, -0.1) is 0 Å². The summed E-state index contributed by atoms with van der Waals surface area (Å²) in [6.45, 7) is 10.7. The van der Waals surface area contributed by atoms with Crippen molar-refractivity contribution >= 4 is 5.91 Å². The van der Waals surface area contributed by atoms with Gasteiger partial charge >= 0.3 is 0 Å². The molecule has 0 bridgehead atoms. The summed E-state index contributed by atoms with van der Waals surface area (Å²) in [6.07, 6.45) is 8.69. The number of carbonyl (C=O) groups is 1. The molecule has 1 aromatic carbocycles. The molecule has 4 nitrogen and oxygen atoms in total. The van der Waals surface area contributed by atoms with Crippen molar-refractivity contribution in [1.29, 1.82) is 0 Å². The van der Waals surface area contributed by atoms with Gasteiger partial charge in [0.25, 0.3) is 0 Å².